The number of ether oxygens (including phenoxy) is 2. The molecule has 0 aromatic heterocycles. The van der Waals surface area contributed by atoms with Gasteiger partial charge in [-0.15, -0.1) is 0 Å². The van der Waals surface area contributed by atoms with E-state index in [9.17, 15) is 4.79 Å². The molecule has 0 spiro atoms. The number of amides is 1. The third-order valence-electron chi connectivity index (χ3n) is 2.95. The third kappa shape index (κ3) is 4.00. The van der Waals surface area contributed by atoms with E-state index in [0.717, 1.165) is 5.56 Å². The van der Waals surface area contributed by atoms with Gasteiger partial charge in [-0.2, -0.15) is 5.48 Å². The molecule has 1 heterocycles. The standard InChI is InChI=1S/C15H17ClN2O4/c1-3-4-11(14(16)18-20-2)15(19)17-8-10-5-6-12-13(7-10)22-9-21-12/h3-7,18H,8-9H2,1-2H3,(H,17,19)/p+1/b4-3-,14-11+. The van der Waals surface area contributed by atoms with Gasteiger partial charge < -0.3 is 14.8 Å². The second-order valence-electron chi connectivity index (χ2n) is 4.49. The quantitative estimate of drug-likeness (QED) is 0.356. The van der Waals surface area contributed by atoms with Crippen molar-refractivity contribution in [2.75, 3.05) is 13.9 Å². The van der Waals surface area contributed by atoms with Crippen LogP contribution >= 0.6 is 11.6 Å². The first-order valence-corrected chi connectivity index (χ1v) is 7.08. The van der Waals surface area contributed by atoms with Crippen LogP contribution in [0, 0.1) is 0 Å². The fourth-order valence-corrected chi connectivity index (χ4v) is 2.16. The molecule has 1 aromatic carbocycles. The molecular formula is C15H18ClN2O4+. The molecule has 2 rings (SSSR count). The molecule has 0 bridgehead atoms. The molecule has 6 nitrogen and oxygen atoms in total. The number of carbonyl (C=O) groups is 1. The Morgan fingerprint density at radius 1 is 1.45 bits per heavy atom. The lowest BCUT2D eigenvalue weighted by atomic mass is 10.2. The van der Waals surface area contributed by atoms with Crippen LogP contribution in [-0.2, 0) is 16.2 Å². The molecule has 0 unspecified atom stereocenters. The molecule has 0 atom stereocenters. The van der Waals surface area contributed by atoms with Gasteiger partial charge in [-0.1, -0.05) is 12.1 Å². The first-order chi connectivity index (χ1) is 10.7. The lowest BCUT2D eigenvalue weighted by molar-refractivity contribution is -0.848. The monoisotopic (exact) mass is 325 g/mol. The van der Waals surface area contributed by atoms with E-state index in [-0.39, 0.29) is 17.9 Å². The van der Waals surface area contributed by atoms with E-state index < -0.39 is 0 Å². The van der Waals surface area contributed by atoms with Crippen molar-refractivity contribution in [1.29, 1.82) is 0 Å². The number of hydrogen-bond acceptors (Lipinski definition) is 4. The largest absolute Gasteiger partial charge is 0.454 e. The minimum absolute atomic E-state index is 0.224. The second-order valence-corrected chi connectivity index (χ2v) is 4.89. The number of benzene rings is 1. The van der Waals surface area contributed by atoms with Gasteiger partial charge in [0.1, 0.15) is 5.57 Å². The highest BCUT2D eigenvalue weighted by molar-refractivity contribution is 6.30. The van der Waals surface area contributed by atoms with Crippen molar-refractivity contribution >= 4 is 17.5 Å². The molecule has 0 aliphatic carbocycles. The van der Waals surface area contributed by atoms with Gasteiger partial charge >= 0.3 is 0 Å². The van der Waals surface area contributed by atoms with E-state index in [4.69, 9.17) is 25.9 Å². The predicted octanol–water partition coefficient (Wildman–Crippen LogP) is 1.18. The molecule has 7 heteroatoms. The predicted molar refractivity (Wildman–Crippen MR) is 81.0 cm³/mol. The zero-order valence-electron chi connectivity index (χ0n) is 12.4. The van der Waals surface area contributed by atoms with E-state index in [1.165, 1.54) is 12.6 Å². The normalized spacial score (nSPS) is 14.1. The van der Waals surface area contributed by atoms with Crippen molar-refractivity contribution in [2.24, 2.45) is 0 Å². The van der Waals surface area contributed by atoms with Crippen LogP contribution in [0.1, 0.15) is 12.5 Å². The SMILES string of the molecule is C/C=C\C(C(=O)NCc1ccc2c(c1)OCO2)=C(\Cl)[NH2+]OC. The molecule has 0 saturated heterocycles. The molecule has 22 heavy (non-hydrogen) atoms. The first kappa shape index (κ1) is 16.4. The first-order valence-electron chi connectivity index (χ1n) is 6.71. The summed E-state index contributed by atoms with van der Waals surface area (Å²) in [5, 5.41) is 3.05. The minimum Gasteiger partial charge on any atom is -0.454 e. The number of carbonyl (C=O) groups excluding carboxylic acids is 1. The van der Waals surface area contributed by atoms with Crippen molar-refractivity contribution in [1.82, 2.24) is 5.32 Å². The molecule has 1 aliphatic rings. The number of hydrogen-bond donors (Lipinski definition) is 2. The van der Waals surface area contributed by atoms with Gasteiger partial charge in [-0.25, -0.2) is 4.84 Å². The van der Waals surface area contributed by atoms with Gasteiger partial charge in [0, 0.05) is 6.54 Å². The van der Waals surface area contributed by atoms with Gasteiger partial charge in [0.05, 0.1) is 7.11 Å². The number of fused-ring (bicyclic) bond motifs is 1. The number of rotatable bonds is 6. The number of allylic oxidation sites excluding steroid dienone is 1. The number of halogens is 1. The fraction of sp³-hybridized carbons (Fsp3) is 0.267. The van der Waals surface area contributed by atoms with Crippen LogP contribution < -0.4 is 20.3 Å². The van der Waals surface area contributed by atoms with E-state index in [0.29, 0.717) is 23.6 Å². The van der Waals surface area contributed by atoms with Gasteiger partial charge in [-0.3, -0.25) is 4.79 Å². The number of nitrogens with two attached hydrogens (primary N) is 1. The molecular weight excluding hydrogens is 308 g/mol. The molecule has 1 aliphatic heterocycles. The van der Waals surface area contributed by atoms with Crippen molar-refractivity contribution in [2.45, 2.75) is 13.5 Å². The Labute approximate surface area is 133 Å². The Bertz CT molecular complexity index is 614. The van der Waals surface area contributed by atoms with E-state index in [1.807, 2.05) is 25.1 Å². The smallest absolute Gasteiger partial charge is 0.258 e. The highest BCUT2D eigenvalue weighted by atomic mass is 35.5. The minimum atomic E-state index is -0.283. The summed E-state index contributed by atoms with van der Waals surface area (Å²) in [6.45, 7) is 2.39. The fourth-order valence-electron chi connectivity index (χ4n) is 1.93. The summed E-state index contributed by atoms with van der Waals surface area (Å²) in [6, 6.07) is 5.53. The van der Waals surface area contributed by atoms with Crippen molar-refractivity contribution in [3.05, 3.63) is 46.6 Å². The molecule has 0 fully saturated rings. The summed E-state index contributed by atoms with van der Waals surface area (Å²) >= 11 is 6.03. The number of quaternary nitrogens is 1. The Morgan fingerprint density at radius 2 is 2.23 bits per heavy atom. The zero-order chi connectivity index (χ0) is 15.9. The third-order valence-corrected chi connectivity index (χ3v) is 3.24. The lowest BCUT2D eigenvalue weighted by Crippen LogP contribution is -2.79. The highest BCUT2D eigenvalue weighted by Gasteiger charge is 2.16. The van der Waals surface area contributed by atoms with Crippen molar-refractivity contribution in [3.63, 3.8) is 0 Å². The average molecular weight is 326 g/mol. The summed E-state index contributed by atoms with van der Waals surface area (Å²) in [7, 11) is 1.47. The number of hydroxylamine groups is 1. The van der Waals surface area contributed by atoms with E-state index in [2.05, 4.69) is 5.32 Å². The maximum absolute atomic E-state index is 12.2. The Morgan fingerprint density at radius 3 is 2.95 bits per heavy atom. The summed E-state index contributed by atoms with van der Waals surface area (Å²) in [4.78, 5) is 17.1. The summed E-state index contributed by atoms with van der Waals surface area (Å²) in [5.74, 6) is 1.11. The van der Waals surface area contributed by atoms with Crippen LogP contribution in [0.5, 0.6) is 11.5 Å². The maximum Gasteiger partial charge on any atom is 0.258 e. The molecule has 0 saturated carbocycles. The molecule has 0 radical (unpaired) electrons. The maximum atomic E-state index is 12.2. The van der Waals surface area contributed by atoms with Crippen LogP contribution in [0.15, 0.2) is 41.1 Å². The van der Waals surface area contributed by atoms with Crippen LogP contribution in [0.25, 0.3) is 0 Å². The summed E-state index contributed by atoms with van der Waals surface area (Å²) < 4.78 is 10.5. The van der Waals surface area contributed by atoms with Crippen LogP contribution in [-0.4, -0.2) is 19.8 Å². The zero-order valence-corrected chi connectivity index (χ0v) is 13.1. The second kappa shape index (κ2) is 7.84. The molecule has 118 valence electrons. The summed E-state index contributed by atoms with van der Waals surface area (Å²) in [6.07, 6.45) is 3.37. The van der Waals surface area contributed by atoms with Crippen LogP contribution in [0.3, 0.4) is 0 Å². The van der Waals surface area contributed by atoms with Gasteiger partial charge in [0.25, 0.3) is 5.91 Å². The van der Waals surface area contributed by atoms with Crippen molar-refractivity contribution in [3.8, 4) is 11.5 Å². The summed E-state index contributed by atoms with van der Waals surface area (Å²) in [5.41, 5.74) is 2.56. The van der Waals surface area contributed by atoms with Gasteiger partial charge in [0.15, 0.2) is 11.5 Å². The van der Waals surface area contributed by atoms with Crippen LogP contribution in [0.4, 0.5) is 0 Å². The molecule has 3 N–H and O–H groups in total. The Hall–Kier alpha value is -2.02. The average Bonchev–Trinajstić information content (AvgIpc) is 2.98. The van der Waals surface area contributed by atoms with E-state index >= 15 is 0 Å². The van der Waals surface area contributed by atoms with Gasteiger partial charge in [-0.05, 0) is 42.3 Å². The van der Waals surface area contributed by atoms with Gasteiger partial charge in [0.2, 0.25) is 11.9 Å². The van der Waals surface area contributed by atoms with Crippen molar-refractivity contribution < 1.29 is 24.6 Å². The number of nitrogens with one attached hydrogen (secondary N) is 1. The molecule has 1 amide bonds. The van der Waals surface area contributed by atoms with Crippen LogP contribution in [0.2, 0.25) is 0 Å². The topological polar surface area (TPSA) is 73.4 Å². The lowest BCUT2D eigenvalue weighted by Gasteiger charge is -2.07. The Kier molecular flexibility index (Phi) is 5.83. The Balaban J connectivity index is 2.03. The highest BCUT2D eigenvalue weighted by Crippen LogP contribution is 2.32. The molecule has 1 aromatic rings. The van der Waals surface area contributed by atoms with E-state index in [1.54, 1.807) is 12.2 Å².